The molecular weight excluding hydrogens is 492 g/mol. The van der Waals surface area contributed by atoms with E-state index in [2.05, 4.69) is 50.2 Å². The summed E-state index contributed by atoms with van der Waals surface area (Å²) in [6.45, 7) is 6.15. The zero-order valence-electron chi connectivity index (χ0n) is 22.7. The number of hydrogen-bond acceptors (Lipinski definition) is 3. The van der Waals surface area contributed by atoms with Crippen LogP contribution in [0.2, 0.25) is 0 Å². The molecule has 6 aromatic rings. The van der Waals surface area contributed by atoms with Crippen LogP contribution in [0.1, 0.15) is 44.3 Å². The van der Waals surface area contributed by atoms with Gasteiger partial charge in [0.05, 0.1) is 28.7 Å². The van der Waals surface area contributed by atoms with Gasteiger partial charge in [0.25, 0.3) is 5.91 Å². The van der Waals surface area contributed by atoms with Crippen molar-refractivity contribution >= 4 is 22.6 Å². The van der Waals surface area contributed by atoms with E-state index < -0.39 is 0 Å². The Kier molecular flexibility index (Phi) is 5.60. The van der Waals surface area contributed by atoms with Crippen LogP contribution in [-0.4, -0.2) is 20.7 Å². The lowest BCUT2D eigenvalue weighted by molar-refractivity contribution is 0.0994. The highest BCUT2D eigenvalue weighted by Crippen LogP contribution is 2.48. The first-order valence-corrected chi connectivity index (χ1v) is 13.5. The number of rotatable bonds is 4. The van der Waals surface area contributed by atoms with Crippen molar-refractivity contribution in [1.29, 1.82) is 0 Å². The average molecular weight is 521 g/mol. The minimum absolute atomic E-state index is 0.0513. The van der Waals surface area contributed by atoms with Gasteiger partial charge in [0.1, 0.15) is 0 Å². The Balaban J connectivity index is 1.61. The number of hydrogen-bond donors (Lipinski definition) is 0. The molecule has 1 amide bonds. The number of aromatic nitrogens is 3. The van der Waals surface area contributed by atoms with Gasteiger partial charge in [-0.1, -0.05) is 96.1 Å². The van der Waals surface area contributed by atoms with E-state index in [-0.39, 0.29) is 11.9 Å². The smallest absolute Gasteiger partial charge is 0.261 e. The Labute approximate surface area is 233 Å². The summed E-state index contributed by atoms with van der Waals surface area (Å²) >= 11 is 0. The van der Waals surface area contributed by atoms with Gasteiger partial charge in [0, 0.05) is 22.2 Å². The first-order chi connectivity index (χ1) is 19.5. The number of carbonyl (C=O) groups is 1. The molecule has 0 saturated carbocycles. The molecule has 7 rings (SSSR count). The lowest BCUT2D eigenvalue weighted by Gasteiger charge is -2.26. The summed E-state index contributed by atoms with van der Waals surface area (Å²) in [5, 5.41) is 5.90. The van der Waals surface area contributed by atoms with Gasteiger partial charge in [-0.25, -0.2) is 9.67 Å². The molecule has 2 aromatic heterocycles. The summed E-state index contributed by atoms with van der Waals surface area (Å²) in [6, 6.07) is 36.4. The Bertz CT molecular complexity index is 1870. The number of anilines is 1. The van der Waals surface area contributed by atoms with Crippen molar-refractivity contribution in [1.82, 2.24) is 14.8 Å². The fourth-order valence-corrected chi connectivity index (χ4v) is 5.80. The third kappa shape index (κ3) is 3.74. The van der Waals surface area contributed by atoms with E-state index in [0.29, 0.717) is 11.3 Å². The Hall–Kier alpha value is -5.03. The van der Waals surface area contributed by atoms with Gasteiger partial charge < -0.3 is 0 Å². The molecule has 1 aliphatic heterocycles. The van der Waals surface area contributed by atoms with Crippen LogP contribution in [0.4, 0.5) is 5.69 Å². The lowest BCUT2D eigenvalue weighted by Crippen LogP contribution is -2.28. The van der Waals surface area contributed by atoms with Gasteiger partial charge in [0.2, 0.25) is 0 Å². The quantitative estimate of drug-likeness (QED) is 0.239. The van der Waals surface area contributed by atoms with Crippen LogP contribution in [0.25, 0.3) is 28.0 Å². The third-order valence-electron chi connectivity index (χ3n) is 7.75. The second-order valence-electron chi connectivity index (χ2n) is 10.5. The minimum atomic E-state index is -0.328. The second kappa shape index (κ2) is 9.31. The Morgan fingerprint density at radius 3 is 1.93 bits per heavy atom. The standard InChI is InChI=1S/C35H28N4O/c1-22-14-18-26(19-15-22)33-30-29-24(3)37-39(28-12-8-5-9-13-28)34(29)36-32(25-10-6-4-7-11-25)31(30)35(40)38(33)27-20-16-23(2)17-21-27/h4-21,33H,1-3H3. The summed E-state index contributed by atoms with van der Waals surface area (Å²) in [7, 11) is 0. The van der Waals surface area contributed by atoms with Crippen LogP contribution in [-0.2, 0) is 0 Å². The maximum atomic E-state index is 14.6. The molecule has 0 spiro atoms. The summed E-state index contributed by atoms with van der Waals surface area (Å²) in [5.74, 6) is -0.0513. The van der Waals surface area contributed by atoms with Crippen molar-refractivity contribution in [2.24, 2.45) is 0 Å². The molecule has 0 bridgehead atoms. The van der Waals surface area contributed by atoms with Crippen molar-refractivity contribution in [3.05, 3.63) is 143 Å². The molecule has 5 nitrogen and oxygen atoms in total. The molecule has 1 unspecified atom stereocenters. The number of benzene rings is 4. The maximum Gasteiger partial charge on any atom is 0.261 e. The highest BCUT2D eigenvalue weighted by Gasteiger charge is 2.43. The number of amides is 1. The first-order valence-electron chi connectivity index (χ1n) is 13.5. The maximum absolute atomic E-state index is 14.6. The first kappa shape index (κ1) is 24.0. The summed E-state index contributed by atoms with van der Waals surface area (Å²) in [6.07, 6.45) is 0. The number of nitrogens with zero attached hydrogens (tertiary/aromatic N) is 4. The molecule has 3 heterocycles. The molecule has 5 heteroatoms. The molecule has 0 saturated heterocycles. The normalized spacial score (nSPS) is 14.6. The summed E-state index contributed by atoms with van der Waals surface area (Å²) in [4.78, 5) is 21.8. The average Bonchev–Trinajstić information content (AvgIpc) is 3.48. The van der Waals surface area contributed by atoms with Gasteiger partial charge in [-0.3, -0.25) is 9.69 Å². The van der Waals surface area contributed by atoms with Crippen LogP contribution in [0.3, 0.4) is 0 Å². The molecule has 1 aliphatic rings. The summed E-state index contributed by atoms with van der Waals surface area (Å²) in [5.41, 5.74) is 9.93. The topological polar surface area (TPSA) is 51.0 Å². The van der Waals surface area contributed by atoms with Crippen molar-refractivity contribution in [3.63, 3.8) is 0 Å². The van der Waals surface area contributed by atoms with E-state index in [4.69, 9.17) is 10.1 Å². The van der Waals surface area contributed by atoms with Crippen LogP contribution in [0, 0.1) is 20.8 Å². The van der Waals surface area contributed by atoms with E-state index in [1.807, 2.05) is 89.3 Å². The number of para-hydroxylation sites is 1. The zero-order chi connectivity index (χ0) is 27.4. The third-order valence-corrected chi connectivity index (χ3v) is 7.75. The van der Waals surface area contributed by atoms with Crippen LogP contribution >= 0.6 is 0 Å². The largest absolute Gasteiger partial charge is 0.297 e. The molecule has 4 aromatic carbocycles. The van der Waals surface area contributed by atoms with E-state index in [0.717, 1.165) is 50.4 Å². The van der Waals surface area contributed by atoms with E-state index in [9.17, 15) is 4.79 Å². The highest BCUT2D eigenvalue weighted by atomic mass is 16.2. The number of fused-ring (bicyclic) bond motifs is 3. The van der Waals surface area contributed by atoms with Crippen LogP contribution < -0.4 is 4.90 Å². The van der Waals surface area contributed by atoms with Crippen molar-refractivity contribution in [3.8, 4) is 16.9 Å². The van der Waals surface area contributed by atoms with Gasteiger partial charge in [0.15, 0.2) is 5.65 Å². The molecule has 40 heavy (non-hydrogen) atoms. The van der Waals surface area contributed by atoms with Gasteiger partial charge in [-0.05, 0) is 50.6 Å². The SMILES string of the molecule is Cc1ccc(C2c3c(c(-c4ccccc4)nc4c3c(C)nn4-c3ccccc3)C(=O)N2c2ccc(C)cc2)cc1. The van der Waals surface area contributed by atoms with E-state index in [1.165, 1.54) is 5.56 Å². The minimum Gasteiger partial charge on any atom is -0.297 e. The van der Waals surface area contributed by atoms with Gasteiger partial charge in [-0.15, -0.1) is 0 Å². The molecule has 1 atom stereocenters. The number of aryl methyl sites for hydroxylation is 3. The summed E-state index contributed by atoms with van der Waals surface area (Å²) < 4.78 is 1.91. The molecule has 0 N–H and O–H groups in total. The van der Waals surface area contributed by atoms with Crippen LogP contribution in [0.5, 0.6) is 0 Å². The van der Waals surface area contributed by atoms with E-state index >= 15 is 0 Å². The predicted octanol–water partition coefficient (Wildman–Crippen LogP) is 7.76. The molecular formula is C35H28N4O. The monoisotopic (exact) mass is 520 g/mol. The fraction of sp³-hybridized carbons (Fsp3) is 0.114. The number of pyridine rings is 1. The lowest BCUT2D eigenvalue weighted by atomic mass is 9.92. The van der Waals surface area contributed by atoms with Crippen molar-refractivity contribution < 1.29 is 4.79 Å². The van der Waals surface area contributed by atoms with Crippen molar-refractivity contribution in [2.45, 2.75) is 26.8 Å². The van der Waals surface area contributed by atoms with Gasteiger partial charge >= 0.3 is 0 Å². The van der Waals surface area contributed by atoms with Crippen LogP contribution in [0.15, 0.2) is 109 Å². The zero-order valence-corrected chi connectivity index (χ0v) is 22.7. The van der Waals surface area contributed by atoms with Crippen molar-refractivity contribution in [2.75, 3.05) is 4.90 Å². The second-order valence-corrected chi connectivity index (χ2v) is 10.5. The number of carbonyl (C=O) groups excluding carboxylic acids is 1. The molecule has 0 fully saturated rings. The molecule has 0 radical (unpaired) electrons. The van der Waals surface area contributed by atoms with E-state index in [1.54, 1.807) is 0 Å². The molecule has 194 valence electrons. The fourth-order valence-electron chi connectivity index (χ4n) is 5.80. The molecule has 0 aliphatic carbocycles. The Morgan fingerprint density at radius 2 is 1.27 bits per heavy atom. The highest BCUT2D eigenvalue weighted by molar-refractivity contribution is 6.18. The predicted molar refractivity (Wildman–Crippen MR) is 160 cm³/mol. The Morgan fingerprint density at radius 1 is 0.675 bits per heavy atom. The van der Waals surface area contributed by atoms with Gasteiger partial charge in [-0.2, -0.15) is 5.10 Å².